The zero-order chi connectivity index (χ0) is 34.6. The molecule has 1 unspecified atom stereocenters. The largest absolute Gasteiger partial charge is 0.460 e. The van der Waals surface area contributed by atoms with Gasteiger partial charge in [0.25, 0.3) is 0 Å². The second-order valence-electron chi connectivity index (χ2n) is 13.3. The minimum Gasteiger partial charge on any atom is -0.460 e. The van der Waals surface area contributed by atoms with Crippen molar-refractivity contribution in [1.82, 2.24) is 10.6 Å². The van der Waals surface area contributed by atoms with E-state index in [1.807, 2.05) is 93.6 Å². The molecule has 0 aliphatic heterocycles. The second kappa shape index (κ2) is 16.9. The number of carbonyl (C=O) groups excluding carboxylic acids is 4. The highest BCUT2D eigenvalue weighted by atomic mass is 16.7. The normalized spacial score (nSPS) is 12.9. The molecule has 252 valence electrons. The molecule has 0 spiro atoms. The lowest BCUT2D eigenvalue weighted by Crippen LogP contribution is -2.54. The van der Waals surface area contributed by atoms with Crippen LogP contribution in [0.4, 0.5) is 5.69 Å². The minimum atomic E-state index is -1.14. The highest BCUT2D eigenvalue weighted by Gasteiger charge is 2.32. The van der Waals surface area contributed by atoms with Crippen LogP contribution in [0.25, 0.3) is 0 Å². The Morgan fingerprint density at radius 1 is 0.681 bits per heavy atom. The number of carbonyl (C=O) groups is 4. The summed E-state index contributed by atoms with van der Waals surface area (Å²) in [4.78, 5) is 52.2. The van der Waals surface area contributed by atoms with E-state index in [0.717, 1.165) is 16.7 Å². The lowest BCUT2D eigenvalue weighted by molar-refractivity contribution is -0.183. The van der Waals surface area contributed by atoms with Gasteiger partial charge in [0.15, 0.2) is 6.29 Å². The maximum absolute atomic E-state index is 13.5. The van der Waals surface area contributed by atoms with E-state index in [1.165, 1.54) is 6.92 Å². The van der Waals surface area contributed by atoms with E-state index >= 15 is 0 Å². The van der Waals surface area contributed by atoms with Crippen LogP contribution in [0.2, 0.25) is 0 Å². The summed E-state index contributed by atoms with van der Waals surface area (Å²) in [5.74, 6) is -3.13. The SMILES string of the molecule is C[C@H](NC(=O)C(=O)Nc1ccccc1C(C)(C)C)C(=O)NC(CC(=O)OC(C)(C)C)C(OCc1ccccc1)OCc1ccccc1. The molecule has 3 rings (SSSR count). The van der Waals surface area contributed by atoms with Crippen LogP contribution in [0, 0.1) is 0 Å². The van der Waals surface area contributed by atoms with Gasteiger partial charge in [0.05, 0.1) is 25.7 Å². The molecule has 0 aromatic heterocycles. The lowest BCUT2D eigenvalue weighted by atomic mass is 9.86. The topological polar surface area (TPSA) is 132 Å². The predicted octanol–water partition coefficient (Wildman–Crippen LogP) is 5.40. The molecule has 0 fully saturated rings. The molecule has 0 aliphatic carbocycles. The first-order valence-corrected chi connectivity index (χ1v) is 15.7. The number of hydrogen-bond acceptors (Lipinski definition) is 7. The van der Waals surface area contributed by atoms with E-state index in [4.69, 9.17) is 14.2 Å². The summed E-state index contributed by atoms with van der Waals surface area (Å²) in [6.45, 7) is 13.0. The molecule has 2 atom stereocenters. The molecule has 10 heteroatoms. The van der Waals surface area contributed by atoms with Crippen LogP contribution in [-0.4, -0.2) is 47.7 Å². The molecule has 0 bridgehead atoms. The fourth-order valence-corrected chi connectivity index (χ4v) is 4.62. The van der Waals surface area contributed by atoms with E-state index < -0.39 is 47.7 Å². The summed E-state index contributed by atoms with van der Waals surface area (Å²) in [6, 6.07) is 23.9. The molecule has 3 aromatic rings. The molecule has 0 aliphatic rings. The average Bonchev–Trinajstić information content (AvgIpc) is 3.00. The average molecular weight is 646 g/mol. The van der Waals surface area contributed by atoms with Crippen molar-refractivity contribution in [1.29, 1.82) is 0 Å². The molecule has 47 heavy (non-hydrogen) atoms. The molecule has 0 radical (unpaired) electrons. The molecule has 0 heterocycles. The summed E-state index contributed by atoms with van der Waals surface area (Å²) in [6.07, 6.45) is -1.35. The van der Waals surface area contributed by atoms with Crippen molar-refractivity contribution in [3.63, 3.8) is 0 Å². The number of esters is 1. The molecule has 3 amide bonds. The Balaban J connectivity index is 1.77. The van der Waals surface area contributed by atoms with Crippen LogP contribution in [-0.2, 0) is 52.0 Å². The van der Waals surface area contributed by atoms with Crippen LogP contribution in [0.5, 0.6) is 0 Å². The number of ether oxygens (including phenoxy) is 3. The standard InChI is InChI=1S/C37H47N3O7/c1-25(38-33(43)34(44)39-29-21-15-14-20-28(29)36(2,3)4)32(42)40-30(22-31(41)47-37(5,6)7)35(45-23-26-16-10-8-11-17-26)46-24-27-18-12-9-13-19-27/h8-21,25,30,35H,22-24H2,1-7H3,(H,38,43)(H,39,44)(H,40,42)/t25-,30?/m0/s1. The summed E-state index contributed by atoms with van der Waals surface area (Å²) in [5, 5.41) is 7.89. The van der Waals surface area contributed by atoms with Gasteiger partial charge < -0.3 is 30.2 Å². The van der Waals surface area contributed by atoms with Gasteiger partial charge in [-0.1, -0.05) is 99.6 Å². The number of amides is 3. The van der Waals surface area contributed by atoms with Crippen molar-refractivity contribution >= 4 is 29.4 Å². The summed E-state index contributed by atoms with van der Waals surface area (Å²) >= 11 is 0. The monoisotopic (exact) mass is 645 g/mol. The third-order valence-corrected chi connectivity index (χ3v) is 6.91. The van der Waals surface area contributed by atoms with Gasteiger partial charge in [0.2, 0.25) is 5.91 Å². The quantitative estimate of drug-likeness (QED) is 0.129. The van der Waals surface area contributed by atoms with Crippen LogP contribution in [0.3, 0.4) is 0 Å². The van der Waals surface area contributed by atoms with E-state index in [2.05, 4.69) is 16.0 Å². The van der Waals surface area contributed by atoms with Crippen LogP contribution in [0.1, 0.15) is 71.6 Å². The Bertz CT molecular complexity index is 1440. The van der Waals surface area contributed by atoms with E-state index in [-0.39, 0.29) is 25.0 Å². The summed E-state index contributed by atoms with van der Waals surface area (Å²) in [7, 11) is 0. The number of rotatable bonds is 13. The highest BCUT2D eigenvalue weighted by molar-refractivity contribution is 6.40. The Morgan fingerprint density at radius 3 is 1.70 bits per heavy atom. The van der Waals surface area contributed by atoms with Gasteiger partial charge in [-0.25, -0.2) is 0 Å². The number of anilines is 1. The molecular formula is C37H47N3O7. The number of para-hydroxylation sites is 1. The van der Waals surface area contributed by atoms with Gasteiger partial charge >= 0.3 is 17.8 Å². The first kappa shape index (κ1) is 36.9. The van der Waals surface area contributed by atoms with Crippen molar-refractivity contribution in [2.24, 2.45) is 0 Å². The fourth-order valence-electron chi connectivity index (χ4n) is 4.62. The van der Waals surface area contributed by atoms with Gasteiger partial charge in [-0.3, -0.25) is 19.2 Å². The van der Waals surface area contributed by atoms with Crippen LogP contribution >= 0.6 is 0 Å². The second-order valence-corrected chi connectivity index (χ2v) is 13.3. The summed E-state index contributed by atoms with van der Waals surface area (Å²) < 4.78 is 17.9. The predicted molar refractivity (Wildman–Crippen MR) is 180 cm³/mol. The summed E-state index contributed by atoms with van der Waals surface area (Å²) in [5.41, 5.74) is 2.04. The third-order valence-electron chi connectivity index (χ3n) is 6.91. The van der Waals surface area contributed by atoms with Crippen molar-refractivity contribution < 1.29 is 33.4 Å². The van der Waals surface area contributed by atoms with Gasteiger partial charge in [0, 0.05) is 5.69 Å². The fraction of sp³-hybridized carbons (Fsp3) is 0.405. The lowest BCUT2D eigenvalue weighted by Gasteiger charge is -2.30. The van der Waals surface area contributed by atoms with Crippen molar-refractivity contribution in [3.05, 3.63) is 102 Å². The zero-order valence-electron chi connectivity index (χ0n) is 28.3. The van der Waals surface area contributed by atoms with E-state index in [1.54, 1.807) is 32.9 Å². The zero-order valence-corrected chi connectivity index (χ0v) is 28.3. The van der Waals surface area contributed by atoms with Crippen LogP contribution < -0.4 is 16.0 Å². The van der Waals surface area contributed by atoms with Crippen LogP contribution in [0.15, 0.2) is 84.9 Å². The minimum absolute atomic E-state index is 0.142. The molecule has 3 aromatic carbocycles. The van der Waals surface area contributed by atoms with E-state index in [0.29, 0.717) is 5.69 Å². The molecular weight excluding hydrogens is 598 g/mol. The number of nitrogens with one attached hydrogen (secondary N) is 3. The van der Waals surface area contributed by atoms with Gasteiger partial charge in [-0.05, 0) is 55.9 Å². The Hall–Kier alpha value is -4.54. The first-order valence-electron chi connectivity index (χ1n) is 15.7. The molecule has 3 N–H and O–H groups in total. The number of benzene rings is 3. The molecule has 0 saturated heterocycles. The van der Waals surface area contributed by atoms with Crippen molar-refractivity contribution in [2.45, 2.75) is 97.5 Å². The number of hydrogen-bond donors (Lipinski definition) is 3. The van der Waals surface area contributed by atoms with Gasteiger partial charge in [0.1, 0.15) is 11.6 Å². The maximum atomic E-state index is 13.5. The highest BCUT2D eigenvalue weighted by Crippen LogP contribution is 2.29. The molecule has 10 nitrogen and oxygen atoms in total. The first-order chi connectivity index (χ1) is 22.1. The Kier molecular flexibility index (Phi) is 13.2. The van der Waals surface area contributed by atoms with Crippen molar-refractivity contribution in [2.75, 3.05) is 5.32 Å². The van der Waals surface area contributed by atoms with E-state index in [9.17, 15) is 19.2 Å². The van der Waals surface area contributed by atoms with Crippen molar-refractivity contribution in [3.8, 4) is 0 Å². The third kappa shape index (κ3) is 12.6. The van der Waals surface area contributed by atoms with Gasteiger partial charge in [-0.2, -0.15) is 0 Å². The molecule has 0 saturated carbocycles. The smallest absolute Gasteiger partial charge is 0.313 e. The Labute approximate surface area is 277 Å². The maximum Gasteiger partial charge on any atom is 0.313 e. The Morgan fingerprint density at radius 2 is 1.19 bits per heavy atom. The van der Waals surface area contributed by atoms with Gasteiger partial charge in [-0.15, -0.1) is 0 Å².